The van der Waals surface area contributed by atoms with Gasteiger partial charge in [0, 0.05) is 37.2 Å². The second-order valence-electron chi connectivity index (χ2n) is 7.36. The van der Waals surface area contributed by atoms with Gasteiger partial charge in [0.15, 0.2) is 9.84 Å². The maximum Gasteiger partial charge on any atom is 0.226 e. The minimum atomic E-state index is -3.18. The van der Waals surface area contributed by atoms with Gasteiger partial charge in [-0.1, -0.05) is 13.0 Å². The molecule has 1 spiro atoms. The van der Waals surface area contributed by atoms with Crippen molar-refractivity contribution in [1.82, 2.24) is 9.88 Å². The van der Waals surface area contributed by atoms with Crippen molar-refractivity contribution in [1.29, 1.82) is 0 Å². The first kappa shape index (κ1) is 15.9. The maximum absolute atomic E-state index is 12.6. The molecule has 6 nitrogen and oxygen atoms in total. The largest absolute Gasteiger partial charge is 0.477 e. The third-order valence-electron chi connectivity index (χ3n) is 5.82. The second kappa shape index (κ2) is 5.44. The number of rotatable bonds is 4. The van der Waals surface area contributed by atoms with Crippen LogP contribution < -0.4 is 4.74 Å². The highest BCUT2D eigenvalue weighted by Gasteiger charge is 2.63. The number of hydrogen-bond acceptors (Lipinski definition) is 5. The van der Waals surface area contributed by atoms with Crippen molar-refractivity contribution in [2.45, 2.75) is 24.5 Å². The first-order chi connectivity index (χ1) is 11.4. The minimum Gasteiger partial charge on any atom is -0.477 e. The zero-order valence-electron chi connectivity index (χ0n) is 13.7. The predicted octanol–water partition coefficient (Wildman–Crippen LogP) is 1.13. The van der Waals surface area contributed by atoms with Crippen molar-refractivity contribution < 1.29 is 17.9 Å². The van der Waals surface area contributed by atoms with E-state index in [1.807, 2.05) is 12.1 Å². The van der Waals surface area contributed by atoms with E-state index in [1.54, 1.807) is 17.2 Å². The van der Waals surface area contributed by atoms with Crippen LogP contribution in [0.15, 0.2) is 24.4 Å². The van der Waals surface area contributed by atoms with Gasteiger partial charge in [-0.2, -0.15) is 0 Å². The Bertz CT molecular complexity index is 743. The fourth-order valence-corrected chi connectivity index (χ4v) is 6.38. The van der Waals surface area contributed by atoms with Crippen LogP contribution in [-0.2, 0) is 14.6 Å². The van der Waals surface area contributed by atoms with Gasteiger partial charge in [-0.15, -0.1) is 0 Å². The standard InChI is InChI=1S/C17H22N2O4S/c1-12-8-14(12)16(20)19-10-17(11-19)13(5-7-24(17,21)22)9-23-15-4-2-3-6-18-15/h2-4,6,12-14H,5,7-11H2,1H3. The molecular weight excluding hydrogens is 328 g/mol. The number of pyridine rings is 1. The fourth-order valence-electron chi connectivity index (χ4n) is 3.98. The average Bonchev–Trinajstić information content (AvgIpc) is 3.18. The molecule has 0 aromatic carbocycles. The van der Waals surface area contributed by atoms with E-state index in [2.05, 4.69) is 11.9 Å². The zero-order chi connectivity index (χ0) is 16.9. The minimum absolute atomic E-state index is 0.0785. The molecule has 130 valence electrons. The Labute approximate surface area is 142 Å². The van der Waals surface area contributed by atoms with Crippen molar-refractivity contribution >= 4 is 15.7 Å². The molecule has 2 saturated heterocycles. The number of ether oxygens (including phenoxy) is 1. The van der Waals surface area contributed by atoms with Crippen molar-refractivity contribution in [2.24, 2.45) is 17.8 Å². The molecule has 3 unspecified atom stereocenters. The quantitative estimate of drug-likeness (QED) is 0.814. The molecule has 1 aromatic rings. The van der Waals surface area contributed by atoms with E-state index in [4.69, 9.17) is 4.74 Å². The molecule has 3 aliphatic rings. The van der Waals surface area contributed by atoms with Crippen LogP contribution in [0, 0.1) is 17.8 Å². The third kappa shape index (κ3) is 2.41. The summed E-state index contributed by atoms with van der Waals surface area (Å²) < 4.78 is 30.1. The van der Waals surface area contributed by atoms with E-state index in [1.165, 1.54) is 0 Å². The van der Waals surface area contributed by atoms with Gasteiger partial charge in [0.25, 0.3) is 0 Å². The molecule has 3 heterocycles. The van der Waals surface area contributed by atoms with Gasteiger partial charge < -0.3 is 9.64 Å². The Morgan fingerprint density at radius 3 is 2.79 bits per heavy atom. The van der Waals surface area contributed by atoms with Gasteiger partial charge in [-0.25, -0.2) is 13.4 Å². The molecule has 0 bridgehead atoms. The number of carbonyl (C=O) groups is 1. The Hall–Kier alpha value is -1.63. The second-order valence-corrected chi connectivity index (χ2v) is 9.81. The molecule has 1 amide bonds. The van der Waals surface area contributed by atoms with Crippen LogP contribution in [0.2, 0.25) is 0 Å². The number of amides is 1. The molecule has 4 rings (SSSR count). The van der Waals surface area contributed by atoms with Gasteiger partial charge in [0.05, 0.1) is 12.4 Å². The Kier molecular flexibility index (Phi) is 3.60. The normalized spacial score (nSPS) is 32.4. The molecule has 7 heteroatoms. The van der Waals surface area contributed by atoms with E-state index in [9.17, 15) is 13.2 Å². The number of likely N-dealkylation sites (tertiary alicyclic amines) is 1. The highest BCUT2D eigenvalue weighted by Crippen LogP contribution is 2.47. The molecule has 3 atom stereocenters. The summed E-state index contributed by atoms with van der Waals surface area (Å²) >= 11 is 0. The first-order valence-corrected chi connectivity index (χ1v) is 10.1. The highest BCUT2D eigenvalue weighted by molar-refractivity contribution is 7.93. The number of nitrogens with zero attached hydrogens (tertiary/aromatic N) is 2. The van der Waals surface area contributed by atoms with E-state index in [0.717, 1.165) is 6.42 Å². The van der Waals surface area contributed by atoms with Crippen molar-refractivity contribution in [3.63, 3.8) is 0 Å². The van der Waals surface area contributed by atoms with Gasteiger partial charge >= 0.3 is 0 Å². The van der Waals surface area contributed by atoms with Crippen LogP contribution in [0.4, 0.5) is 0 Å². The van der Waals surface area contributed by atoms with Crippen LogP contribution in [0.5, 0.6) is 5.88 Å². The smallest absolute Gasteiger partial charge is 0.226 e. The monoisotopic (exact) mass is 350 g/mol. The molecule has 24 heavy (non-hydrogen) atoms. The SMILES string of the molecule is CC1CC1C(=O)N1CC2(C1)C(COc1ccccn1)CCS2(=O)=O. The maximum atomic E-state index is 12.6. The third-order valence-corrected chi connectivity index (χ3v) is 8.43. The lowest BCUT2D eigenvalue weighted by molar-refractivity contribution is -0.139. The summed E-state index contributed by atoms with van der Waals surface area (Å²) in [6.07, 6.45) is 3.18. The Morgan fingerprint density at radius 1 is 1.42 bits per heavy atom. The number of aromatic nitrogens is 1. The molecule has 1 aliphatic carbocycles. The van der Waals surface area contributed by atoms with Gasteiger partial charge in [-0.3, -0.25) is 4.79 Å². The fraction of sp³-hybridized carbons (Fsp3) is 0.647. The first-order valence-electron chi connectivity index (χ1n) is 8.48. The lowest BCUT2D eigenvalue weighted by atomic mass is 9.83. The van der Waals surface area contributed by atoms with Crippen LogP contribution in [0.1, 0.15) is 19.8 Å². The van der Waals surface area contributed by atoms with Gasteiger partial charge in [0.2, 0.25) is 11.8 Å². The number of carbonyl (C=O) groups excluding carboxylic acids is 1. The summed E-state index contributed by atoms with van der Waals surface area (Å²) in [4.78, 5) is 18.2. The molecular formula is C17H22N2O4S. The lowest BCUT2D eigenvalue weighted by Crippen LogP contribution is -2.69. The van der Waals surface area contributed by atoms with Crippen LogP contribution in [0.25, 0.3) is 0 Å². The van der Waals surface area contributed by atoms with Crippen molar-refractivity contribution in [3.05, 3.63) is 24.4 Å². The summed E-state index contributed by atoms with van der Waals surface area (Å²) in [7, 11) is -3.18. The van der Waals surface area contributed by atoms with E-state index in [0.29, 0.717) is 37.9 Å². The van der Waals surface area contributed by atoms with E-state index < -0.39 is 14.6 Å². The van der Waals surface area contributed by atoms with Crippen LogP contribution in [0.3, 0.4) is 0 Å². The molecule has 2 aliphatic heterocycles. The molecule has 0 radical (unpaired) electrons. The number of sulfone groups is 1. The van der Waals surface area contributed by atoms with Crippen molar-refractivity contribution in [2.75, 3.05) is 25.4 Å². The van der Waals surface area contributed by atoms with E-state index in [-0.39, 0.29) is 23.5 Å². The summed E-state index contributed by atoms with van der Waals surface area (Å²) in [5.41, 5.74) is 0. The summed E-state index contributed by atoms with van der Waals surface area (Å²) in [5.74, 6) is 1.29. The Balaban J connectivity index is 1.44. The summed E-state index contributed by atoms with van der Waals surface area (Å²) in [6, 6.07) is 5.41. The van der Waals surface area contributed by atoms with Gasteiger partial charge in [0.1, 0.15) is 4.75 Å². The molecule has 1 aromatic heterocycles. The average molecular weight is 350 g/mol. The highest BCUT2D eigenvalue weighted by atomic mass is 32.2. The van der Waals surface area contributed by atoms with Crippen LogP contribution >= 0.6 is 0 Å². The van der Waals surface area contributed by atoms with Crippen molar-refractivity contribution in [3.8, 4) is 5.88 Å². The van der Waals surface area contributed by atoms with Gasteiger partial charge in [-0.05, 0) is 24.8 Å². The Morgan fingerprint density at radius 2 is 2.17 bits per heavy atom. The van der Waals surface area contributed by atoms with E-state index >= 15 is 0 Å². The topological polar surface area (TPSA) is 76.6 Å². The lowest BCUT2D eigenvalue weighted by Gasteiger charge is -2.50. The number of hydrogen-bond donors (Lipinski definition) is 0. The molecule has 1 saturated carbocycles. The summed E-state index contributed by atoms with van der Waals surface area (Å²) in [5, 5.41) is 0. The predicted molar refractivity (Wildman–Crippen MR) is 88.2 cm³/mol. The molecule has 0 N–H and O–H groups in total. The zero-order valence-corrected chi connectivity index (χ0v) is 14.5. The summed E-state index contributed by atoms with van der Waals surface area (Å²) in [6.45, 7) is 3.05. The molecule has 3 fully saturated rings. The van der Waals surface area contributed by atoms with Crippen LogP contribution in [-0.4, -0.2) is 54.4 Å².